The van der Waals surface area contributed by atoms with E-state index in [1.165, 1.54) is 0 Å². The number of hydrogen-bond acceptors (Lipinski definition) is 2. The second kappa shape index (κ2) is 4.09. The molecule has 0 unspecified atom stereocenters. The lowest BCUT2D eigenvalue weighted by molar-refractivity contribution is 0.392. The normalized spacial score (nSPS) is 11.6. The first-order chi connectivity index (χ1) is 6.36. The maximum absolute atomic E-state index is 6.01. The monoisotopic (exact) mass is 277 g/mol. The number of methoxy groups -OCH3 is 1. The molecule has 1 rings (SSSR count). The van der Waals surface area contributed by atoms with E-state index in [0.717, 1.165) is 15.8 Å². The highest BCUT2D eigenvalue weighted by atomic mass is 79.9. The highest BCUT2D eigenvalue weighted by molar-refractivity contribution is 9.10. The van der Waals surface area contributed by atoms with Gasteiger partial charge in [0.25, 0.3) is 0 Å². The Morgan fingerprint density at radius 3 is 2.43 bits per heavy atom. The highest BCUT2D eigenvalue weighted by Gasteiger charge is 2.21. The molecule has 14 heavy (non-hydrogen) atoms. The molecule has 0 saturated carbocycles. The molecule has 2 nitrogen and oxygen atoms in total. The van der Waals surface area contributed by atoms with Crippen molar-refractivity contribution in [2.45, 2.75) is 19.4 Å². The zero-order valence-electron chi connectivity index (χ0n) is 8.40. The summed E-state index contributed by atoms with van der Waals surface area (Å²) in [6, 6.07) is 3.61. The van der Waals surface area contributed by atoms with Crippen molar-refractivity contribution in [2.75, 3.05) is 7.11 Å². The molecule has 0 fully saturated rings. The Labute approximate surface area is 97.5 Å². The van der Waals surface area contributed by atoms with E-state index in [0.29, 0.717) is 5.02 Å². The Hall–Kier alpha value is -0.250. The van der Waals surface area contributed by atoms with Crippen LogP contribution >= 0.6 is 27.5 Å². The molecule has 1 aromatic rings. The number of hydrogen-bond donors (Lipinski definition) is 1. The summed E-state index contributed by atoms with van der Waals surface area (Å²) in [6.07, 6.45) is 0. The SMILES string of the molecule is COc1c(Br)cc(Cl)cc1C(C)(C)N. The van der Waals surface area contributed by atoms with Gasteiger partial charge in [-0.25, -0.2) is 0 Å². The largest absolute Gasteiger partial charge is 0.495 e. The van der Waals surface area contributed by atoms with E-state index < -0.39 is 5.54 Å². The third-order valence-corrected chi connectivity index (χ3v) is 2.71. The summed E-state index contributed by atoms with van der Waals surface area (Å²) < 4.78 is 6.09. The van der Waals surface area contributed by atoms with Crippen LogP contribution < -0.4 is 10.5 Å². The summed E-state index contributed by atoms with van der Waals surface area (Å²) in [5.74, 6) is 0.738. The first kappa shape index (κ1) is 11.8. The zero-order valence-corrected chi connectivity index (χ0v) is 10.7. The molecule has 0 aliphatic carbocycles. The first-order valence-electron chi connectivity index (χ1n) is 4.18. The molecule has 4 heteroatoms. The summed E-state index contributed by atoms with van der Waals surface area (Å²) in [4.78, 5) is 0. The van der Waals surface area contributed by atoms with Crippen molar-refractivity contribution in [3.63, 3.8) is 0 Å². The molecule has 0 atom stereocenters. The van der Waals surface area contributed by atoms with Gasteiger partial charge in [0.05, 0.1) is 11.6 Å². The Morgan fingerprint density at radius 1 is 1.43 bits per heavy atom. The molecular weight excluding hydrogens is 265 g/mol. The predicted molar refractivity (Wildman–Crippen MR) is 62.9 cm³/mol. The maximum Gasteiger partial charge on any atom is 0.138 e. The smallest absolute Gasteiger partial charge is 0.138 e. The van der Waals surface area contributed by atoms with Crippen LogP contribution in [0.1, 0.15) is 19.4 Å². The van der Waals surface area contributed by atoms with Crippen molar-refractivity contribution in [3.05, 3.63) is 27.2 Å². The van der Waals surface area contributed by atoms with Crippen molar-refractivity contribution in [3.8, 4) is 5.75 Å². The number of benzene rings is 1. The van der Waals surface area contributed by atoms with E-state index in [-0.39, 0.29) is 0 Å². The van der Waals surface area contributed by atoms with Crippen LogP contribution in [0, 0.1) is 0 Å². The lowest BCUT2D eigenvalue weighted by Crippen LogP contribution is -2.29. The highest BCUT2D eigenvalue weighted by Crippen LogP contribution is 2.37. The molecule has 0 aromatic heterocycles. The number of ether oxygens (including phenoxy) is 1. The van der Waals surface area contributed by atoms with Crippen LogP contribution in [0.25, 0.3) is 0 Å². The lowest BCUT2D eigenvalue weighted by Gasteiger charge is -2.23. The Bertz CT molecular complexity index is 347. The van der Waals surface area contributed by atoms with Crippen LogP contribution in [0.4, 0.5) is 0 Å². The van der Waals surface area contributed by atoms with Crippen molar-refractivity contribution in [2.24, 2.45) is 5.73 Å². The van der Waals surface area contributed by atoms with Gasteiger partial charge in [0, 0.05) is 16.1 Å². The van der Waals surface area contributed by atoms with Gasteiger partial charge >= 0.3 is 0 Å². The minimum Gasteiger partial charge on any atom is -0.495 e. The molecular formula is C10H13BrClNO. The van der Waals surface area contributed by atoms with Gasteiger partial charge in [-0.3, -0.25) is 0 Å². The van der Waals surface area contributed by atoms with Gasteiger partial charge in [0.1, 0.15) is 5.75 Å². The minimum atomic E-state index is -0.473. The second-order valence-corrected chi connectivity index (χ2v) is 4.98. The molecule has 0 heterocycles. The zero-order chi connectivity index (χ0) is 10.9. The average molecular weight is 279 g/mol. The first-order valence-corrected chi connectivity index (χ1v) is 5.35. The molecule has 0 aliphatic rings. The molecule has 2 N–H and O–H groups in total. The topological polar surface area (TPSA) is 35.2 Å². The van der Waals surface area contributed by atoms with Gasteiger partial charge in [-0.15, -0.1) is 0 Å². The molecule has 0 saturated heterocycles. The van der Waals surface area contributed by atoms with Gasteiger partial charge in [0.15, 0.2) is 0 Å². The predicted octanol–water partition coefficient (Wildman–Crippen LogP) is 3.30. The Balaban J connectivity index is 3.40. The quantitative estimate of drug-likeness (QED) is 0.901. The number of nitrogens with two attached hydrogens (primary N) is 1. The molecule has 0 spiro atoms. The fourth-order valence-electron chi connectivity index (χ4n) is 1.25. The van der Waals surface area contributed by atoms with Crippen LogP contribution in [0.2, 0.25) is 5.02 Å². The van der Waals surface area contributed by atoms with Crippen molar-refractivity contribution in [1.29, 1.82) is 0 Å². The Morgan fingerprint density at radius 2 is 2.00 bits per heavy atom. The van der Waals surface area contributed by atoms with E-state index in [4.69, 9.17) is 22.1 Å². The van der Waals surface area contributed by atoms with Crippen LogP contribution in [-0.2, 0) is 5.54 Å². The van der Waals surface area contributed by atoms with Crippen LogP contribution in [0.15, 0.2) is 16.6 Å². The van der Waals surface area contributed by atoms with Gasteiger partial charge in [0.2, 0.25) is 0 Å². The summed E-state index contributed by atoms with van der Waals surface area (Å²) in [5, 5.41) is 0.645. The van der Waals surface area contributed by atoms with Gasteiger partial charge in [-0.05, 0) is 41.9 Å². The molecule has 0 bridgehead atoms. The molecule has 0 amide bonds. The maximum atomic E-state index is 6.01. The summed E-state index contributed by atoms with van der Waals surface area (Å²) in [6.45, 7) is 3.82. The molecule has 0 radical (unpaired) electrons. The van der Waals surface area contributed by atoms with Crippen LogP contribution in [0.3, 0.4) is 0 Å². The summed E-state index contributed by atoms with van der Waals surface area (Å²) in [7, 11) is 1.61. The third-order valence-electron chi connectivity index (χ3n) is 1.91. The fraction of sp³-hybridized carbons (Fsp3) is 0.400. The number of rotatable bonds is 2. The van der Waals surface area contributed by atoms with Gasteiger partial charge < -0.3 is 10.5 Å². The van der Waals surface area contributed by atoms with E-state index in [9.17, 15) is 0 Å². The standard InChI is InChI=1S/C10H13BrClNO/c1-10(2,13)7-4-6(12)5-8(11)9(7)14-3/h4-5H,13H2,1-3H3. The lowest BCUT2D eigenvalue weighted by atomic mass is 9.95. The van der Waals surface area contributed by atoms with Gasteiger partial charge in [-0.2, -0.15) is 0 Å². The molecule has 1 aromatic carbocycles. The summed E-state index contributed by atoms with van der Waals surface area (Å²) >= 11 is 9.33. The van der Waals surface area contributed by atoms with E-state index in [2.05, 4.69) is 15.9 Å². The average Bonchev–Trinajstić information content (AvgIpc) is 2.01. The van der Waals surface area contributed by atoms with Crippen molar-refractivity contribution in [1.82, 2.24) is 0 Å². The van der Waals surface area contributed by atoms with Crippen molar-refractivity contribution < 1.29 is 4.74 Å². The van der Waals surface area contributed by atoms with E-state index >= 15 is 0 Å². The van der Waals surface area contributed by atoms with Crippen LogP contribution in [-0.4, -0.2) is 7.11 Å². The van der Waals surface area contributed by atoms with E-state index in [1.54, 1.807) is 13.2 Å². The molecule has 0 aliphatic heterocycles. The Kier molecular flexibility index (Phi) is 3.45. The van der Waals surface area contributed by atoms with Gasteiger partial charge in [-0.1, -0.05) is 11.6 Å². The minimum absolute atomic E-state index is 0.473. The number of halogens is 2. The summed E-state index contributed by atoms with van der Waals surface area (Å²) in [5.41, 5.74) is 6.43. The van der Waals surface area contributed by atoms with E-state index in [1.807, 2.05) is 19.9 Å². The third kappa shape index (κ3) is 2.41. The van der Waals surface area contributed by atoms with Crippen LogP contribution in [0.5, 0.6) is 5.75 Å². The molecule has 78 valence electrons. The second-order valence-electron chi connectivity index (χ2n) is 3.69. The fourth-order valence-corrected chi connectivity index (χ4v) is 2.22. The van der Waals surface area contributed by atoms with Crippen molar-refractivity contribution >= 4 is 27.5 Å².